The van der Waals surface area contributed by atoms with Crippen LogP contribution < -0.4 is 4.74 Å². The first-order valence-corrected chi connectivity index (χ1v) is 6.34. The average Bonchev–Trinajstić information content (AvgIpc) is 2.40. The molecule has 0 bridgehead atoms. The Morgan fingerprint density at radius 1 is 1.43 bits per heavy atom. The van der Waals surface area contributed by atoms with Crippen molar-refractivity contribution in [2.24, 2.45) is 0 Å². The van der Waals surface area contributed by atoms with E-state index < -0.39 is 28.2 Å². The molecule has 9 heteroatoms. The quantitative estimate of drug-likeness (QED) is 0.634. The molecule has 0 aliphatic carbocycles. The van der Waals surface area contributed by atoms with Crippen LogP contribution in [-0.4, -0.2) is 41.0 Å². The van der Waals surface area contributed by atoms with Gasteiger partial charge in [-0.25, -0.2) is 4.98 Å². The number of aromatic nitrogens is 1. The van der Waals surface area contributed by atoms with Gasteiger partial charge in [0.25, 0.3) is 5.69 Å². The molecule has 0 spiro atoms. The van der Waals surface area contributed by atoms with Crippen LogP contribution >= 0.6 is 0 Å². The summed E-state index contributed by atoms with van der Waals surface area (Å²) >= 11 is 0. The highest BCUT2D eigenvalue weighted by Crippen LogP contribution is 2.37. The van der Waals surface area contributed by atoms with Crippen LogP contribution in [0.3, 0.4) is 0 Å². The van der Waals surface area contributed by atoms with Crippen molar-refractivity contribution >= 4 is 5.69 Å². The molecule has 0 atom stereocenters. The monoisotopic (exact) mass is 305 g/mol. The third-order valence-corrected chi connectivity index (χ3v) is 3.30. The number of likely N-dealkylation sites (tertiary alicyclic amines) is 1. The van der Waals surface area contributed by atoms with Crippen molar-refractivity contribution in [1.29, 1.82) is 0 Å². The van der Waals surface area contributed by atoms with Crippen molar-refractivity contribution in [3.63, 3.8) is 0 Å². The summed E-state index contributed by atoms with van der Waals surface area (Å²) < 4.78 is 44.2. The Balaban J connectivity index is 2.24. The predicted molar refractivity (Wildman–Crippen MR) is 67.0 cm³/mol. The SMILES string of the molecule is CN1CCC(Oc2ncc([N+](=O)[O-])cc2C(F)(F)F)CC1. The minimum atomic E-state index is -4.75. The van der Waals surface area contributed by atoms with E-state index in [9.17, 15) is 23.3 Å². The van der Waals surface area contributed by atoms with Crippen LogP contribution in [0.1, 0.15) is 18.4 Å². The van der Waals surface area contributed by atoms with Gasteiger partial charge >= 0.3 is 6.18 Å². The largest absolute Gasteiger partial charge is 0.474 e. The highest BCUT2D eigenvalue weighted by Gasteiger charge is 2.38. The van der Waals surface area contributed by atoms with Crippen molar-refractivity contribution in [3.05, 3.63) is 27.9 Å². The molecule has 116 valence electrons. The number of hydrogen-bond acceptors (Lipinski definition) is 5. The fraction of sp³-hybridized carbons (Fsp3) is 0.583. The van der Waals surface area contributed by atoms with E-state index in [-0.39, 0.29) is 6.10 Å². The predicted octanol–water partition coefficient (Wildman–Crippen LogP) is 2.48. The second-order valence-corrected chi connectivity index (χ2v) is 4.92. The van der Waals surface area contributed by atoms with Crippen molar-refractivity contribution in [1.82, 2.24) is 9.88 Å². The summed E-state index contributed by atoms with van der Waals surface area (Å²) in [5.74, 6) is -0.595. The molecule has 1 aliphatic rings. The van der Waals surface area contributed by atoms with Gasteiger partial charge in [-0.15, -0.1) is 0 Å². The Hall–Kier alpha value is -1.90. The van der Waals surface area contributed by atoms with Crippen LogP contribution in [0.2, 0.25) is 0 Å². The Morgan fingerprint density at radius 3 is 2.57 bits per heavy atom. The molecule has 1 aliphatic heterocycles. The molecule has 0 N–H and O–H groups in total. The summed E-state index contributed by atoms with van der Waals surface area (Å²) in [5, 5.41) is 10.6. The van der Waals surface area contributed by atoms with Gasteiger partial charge in [0.05, 0.1) is 4.92 Å². The fourth-order valence-corrected chi connectivity index (χ4v) is 2.10. The van der Waals surface area contributed by atoms with E-state index in [1.807, 2.05) is 11.9 Å². The first-order valence-electron chi connectivity index (χ1n) is 6.34. The number of piperidine rings is 1. The normalized spacial score (nSPS) is 17.7. The molecule has 1 aromatic heterocycles. The van der Waals surface area contributed by atoms with Crippen molar-refractivity contribution in [3.8, 4) is 5.88 Å². The minimum Gasteiger partial charge on any atom is -0.474 e. The molecule has 1 aromatic rings. The Labute approximate surface area is 118 Å². The van der Waals surface area contributed by atoms with Crippen LogP contribution in [0.5, 0.6) is 5.88 Å². The van der Waals surface area contributed by atoms with E-state index in [0.29, 0.717) is 18.9 Å². The average molecular weight is 305 g/mol. The summed E-state index contributed by atoms with van der Waals surface area (Å²) in [6.45, 7) is 1.44. The maximum absolute atomic E-state index is 13.0. The number of halogens is 3. The zero-order valence-corrected chi connectivity index (χ0v) is 11.3. The first kappa shape index (κ1) is 15.5. The summed E-state index contributed by atoms with van der Waals surface area (Å²) in [5.41, 5.74) is -1.92. The maximum atomic E-state index is 13.0. The molecule has 1 fully saturated rings. The third-order valence-electron chi connectivity index (χ3n) is 3.30. The van der Waals surface area contributed by atoms with Gasteiger partial charge in [0, 0.05) is 19.2 Å². The molecule has 0 unspecified atom stereocenters. The van der Waals surface area contributed by atoms with E-state index in [1.165, 1.54) is 0 Å². The second-order valence-electron chi connectivity index (χ2n) is 4.92. The van der Waals surface area contributed by atoms with Crippen LogP contribution in [0.4, 0.5) is 18.9 Å². The van der Waals surface area contributed by atoms with Gasteiger partial charge in [-0.2, -0.15) is 13.2 Å². The maximum Gasteiger partial charge on any atom is 0.421 e. The zero-order valence-electron chi connectivity index (χ0n) is 11.3. The summed E-state index contributed by atoms with van der Waals surface area (Å²) in [6, 6.07) is 0.456. The molecule has 21 heavy (non-hydrogen) atoms. The van der Waals surface area contributed by atoms with Gasteiger partial charge in [-0.3, -0.25) is 10.1 Å². The molecule has 0 aromatic carbocycles. The molecule has 2 heterocycles. The lowest BCUT2D eigenvalue weighted by Gasteiger charge is -2.29. The van der Waals surface area contributed by atoms with Crippen molar-refractivity contribution in [2.75, 3.05) is 20.1 Å². The highest BCUT2D eigenvalue weighted by molar-refractivity contribution is 5.39. The zero-order chi connectivity index (χ0) is 15.6. The van der Waals surface area contributed by atoms with Crippen LogP contribution in [0, 0.1) is 10.1 Å². The Kier molecular flexibility index (Phi) is 4.31. The lowest BCUT2D eigenvalue weighted by atomic mass is 10.1. The number of rotatable bonds is 3. The number of alkyl halides is 3. The lowest BCUT2D eigenvalue weighted by Crippen LogP contribution is -2.36. The van der Waals surface area contributed by atoms with Gasteiger partial charge in [0.15, 0.2) is 0 Å². The van der Waals surface area contributed by atoms with E-state index in [4.69, 9.17) is 4.74 Å². The van der Waals surface area contributed by atoms with Gasteiger partial charge in [-0.05, 0) is 19.9 Å². The smallest absolute Gasteiger partial charge is 0.421 e. The Morgan fingerprint density at radius 2 is 2.05 bits per heavy atom. The standard InChI is InChI=1S/C12H14F3N3O3/c1-17-4-2-9(3-5-17)21-11-10(12(13,14)15)6-8(7-16-11)18(19)20/h6-7,9H,2-5H2,1H3. The number of hydrogen-bond donors (Lipinski definition) is 0. The number of ether oxygens (including phenoxy) is 1. The molecule has 2 rings (SSSR count). The Bertz CT molecular complexity index is 528. The summed E-state index contributed by atoms with van der Waals surface area (Å²) in [6.07, 6.45) is -3.16. The van der Waals surface area contributed by atoms with Crippen LogP contribution in [0.25, 0.3) is 0 Å². The lowest BCUT2D eigenvalue weighted by molar-refractivity contribution is -0.385. The van der Waals surface area contributed by atoms with Crippen LogP contribution in [0.15, 0.2) is 12.3 Å². The first-order chi connectivity index (χ1) is 9.77. The topological polar surface area (TPSA) is 68.5 Å². The molecule has 6 nitrogen and oxygen atoms in total. The van der Waals surface area contributed by atoms with Gasteiger partial charge in [0.2, 0.25) is 5.88 Å². The summed E-state index contributed by atoms with van der Waals surface area (Å²) in [7, 11) is 1.92. The van der Waals surface area contributed by atoms with Gasteiger partial charge < -0.3 is 9.64 Å². The van der Waals surface area contributed by atoms with Crippen LogP contribution in [-0.2, 0) is 6.18 Å². The minimum absolute atomic E-state index is 0.365. The number of nitrogens with zero attached hydrogens (tertiary/aromatic N) is 3. The highest BCUT2D eigenvalue weighted by atomic mass is 19.4. The van der Waals surface area contributed by atoms with E-state index in [1.54, 1.807) is 0 Å². The van der Waals surface area contributed by atoms with Gasteiger partial charge in [-0.1, -0.05) is 0 Å². The molecule has 0 amide bonds. The van der Waals surface area contributed by atoms with E-state index in [2.05, 4.69) is 4.98 Å². The van der Waals surface area contributed by atoms with E-state index in [0.717, 1.165) is 19.3 Å². The second kappa shape index (κ2) is 5.84. The van der Waals surface area contributed by atoms with Crippen molar-refractivity contribution < 1.29 is 22.8 Å². The molecular formula is C12H14F3N3O3. The molecule has 0 saturated carbocycles. The third kappa shape index (κ3) is 3.81. The summed E-state index contributed by atoms with van der Waals surface area (Å²) in [4.78, 5) is 15.2. The fourth-order valence-electron chi connectivity index (χ4n) is 2.10. The molecule has 1 saturated heterocycles. The number of pyridine rings is 1. The van der Waals surface area contributed by atoms with Gasteiger partial charge in [0.1, 0.15) is 17.9 Å². The van der Waals surface area contributed by atoms with Crippen molar-refractivity contribution in [2.45, 2.75) is 25.1 Å². The van der Waals surface area contributed by atoms with E-state index >= 15 is 0 Å². The molecule has 0 radical (unpaired) electrons. The number of nitro groups is 1. The molecular weight excluding hydrogens is 291 g/mol.